The molecule has 2 heterocycles. The number of rotatable bonds is 5. The molecule has 0 unspecified atom stereocenters. The zero-order valence-electron chi connectivity index (χ0n) is 22.1. The molecule has 0 atom stereocenters. The Labute approximate surface area is 229 Å². The third-order valence-electron chi connectivity index (χ3n) is 8.08. The van der Waals surface area contributed by atoms with Gasteiger partial charge in [-0.25, -0.2) is 4.68 Å². The van der Waals surface area contributed by atoms with Crippen LogP contribution in [0.25, 0.3) is 10.9 Å². The standard InChI is InChI=1S/C32H30BClN2O2/c1-30(2)31(3,4)38-33(37-30)26-20-21-27-28(22-26)36(35-29(27)34)32(23-14-8-5-9-15-23,24-16-10-6-11-17-24)25-18-12-7-13-19-25/h5-22H,1-4H3. The summed E-state index contributed by atoms with van der Waals surface area (Å²) in [7, 11) is -0.494. The van der Waals surface area contributed by atoms with Crippen LogP contribution in [-0.4, -0.2) is 28.1 Å². The summed E-state index contributed by atoms with van der Waals surface area (Å²) in [5, 5.41) is 6.34. The van der Waals surface area contributed by atoms with Gasteiger partial charge in [-0.3, -0.25) is 0 Å². The first-order valence-electron chi connectivity index (χ1n) is 12.9. The van der Waals surface area contributed by atoms with E-state index in [9.17, 15) is 0 Å². The lowest BCUT2D eigenvalue weighted by Gasteiger charge is -2.37. The SMILES string of the molecule is CC1(C)OB(c2ccc3c(Cl)nn(C(c4ccccc4)(c4ccccc4)c4ccccc4)c3c2)OC1(C)C. The van der Waals surface area contributed by atoms with Crippen molar-refractivity contribution in [2.75, 3.05) is 0 Å². The lowest BCUT2D eigenvalue weighted by molar-refractivity contribution is 0.00578. The predicted octanol–water partition coefficient (Wildman–Crippen LogP) is 6.83. The minimum Gasteiger partial charge on any atom is -0.399 e. The molecule has 1 aliphatic heterocycles. The number of benzene rings is 4. The summed E-state index contributed by atoms with van der Waals surface area (Å²) >= 11 is 6.85. The molecule has 6 heteroatoms. The highest BCUT2D eigenvalue weighted by Gasteiger charge is 2.52. The molecule has 1 aromatic heterocycles. The van der Waals surface area contributed by atoms with Crippen molar-refractivity contribution in [1.29, 1.82) is 0 Å². The van der Waals surface area contributed by atoms with Crippen LogP contribution in [0.2, 0.25) is 5.15 Å². The first kappa shape index (κ1) is 24.9. The van der Waals surface area contributed by atoms with E-state index in [0.29, 0.717) is 5.15 Å². The zero-order valence-corrected chi connectivity index (χ0v) is 22.8. The second-order valence-electron chi connectivity index (χ2n) is 10.9. The number of hydrogen-bond donors (Lipinski definition) is 0. The fourth-order valence-electron chi connectivity index (χ4n) is 5.38. The van der Waals surface area contributed by atoms with Crippen molar-refractivity contribution < 1.29 is 9.31 Å². The van der Waals surface area contributed by atoms with Gasteiger partial charge in [0.05, 0.1) is 16.7 Å². The van der Waals surface area contributed by atoms with Gasteiger partial charge >= 0.3 is 7.12 Å². The molecule has 6 rings (SSSR count). The number of nitrogens with zero attached hydrogens (tertiary/aromatic N) is 2. The third-order valence-corrected chi connectivity index (χ3v) is 8.36. The molecule has 1 fully saturated rings. The van der Waals surface area contributed by atoms with Gasteiger partial charge in [0, 0.05) is 5.39 Å². The molecule has 38 heavy (non-hydrogen) atoms. The van der Waals surface area contributed by atoms with E-state index in [-0.39, 0.29) is 0 Å². The van der Waals surface area contributed by atoms with Gasteiger partial charge in [0.2, 0.25) is 0 Å². The van der Waals surface area contributed by atoms with Crippen LogP contribution in [0.1, 0.15) is 44.4 Å². The molecule has 5 aromatic rings. The Morgan fingerprint density at radius 1 is 0.684 bits per heavy atom. The molecular weight excluding hydrogens is 491 g/mol. The molecule has 0 radical (unpaired) electrons. The summed E-state index contributed by atoms with van der Waals surface area (Å²) < 4.78 is 14.9. The molecule has 0 aliphatic carbocycles. The van der Waals surface area contributed by atoms with E-state index in [0.717, 1.165) is 33.1 Å². The van der Waals surface area contributed by atoms with E-state index in [1.54, 1.807) is 0 Å². The van der Waals surface area contributed by atoms with Gasteiger partial charge in [-0.05, 0) is 62.0 Å². The minimum absolute atomic E-state index is 0.438. The van der Waals surface area contributed by atoms with E-state index in [1.807, 2.05) is 30.3 Å². The highest BCUT2D eigenvalue weighted by Crippen LogP contribution is 2.43. The van der Waals surface area contributed by atoms with E-state index in [1.165, 1.54) is 0 Å². The average molecular weight is 521 g/mol. The van der Waals surface area contributed by atoms with Crippen LogP contribution in [0.5, 0.6) is 0 Å². The van der Waals surface area contributed by atoms with Crippen LogP contribution in [-0.2, 0) is 14.8 Å². The van der Waals surface area contributed by atoms with Crippen molar-refractivity contribution in [3.63, 3.8) is 0 Å². The van der Waals surface area contributed by atoms with E-state index in [2.05, 4.69) is 111 Å². The molecule has 0 bridgehead atoms. The van der Waals surface area contributed by atoms with E-state index in [4.69, 9.17) is 26.0 Å². The van der Waals surface area contributed by atoms with Crippen LogP contribution >= 0.6 is 11.6 Å². The van der Waals surface area contributed by atoms with Gasteiger partial charge in [-0.1, -0.05) is 109 Å². The summed E-state index contributed by atoms with van der Waals surface area (Å²) in [5.41, 5.74) is 3.43. The maximum atomic E-state index is 6.85. The summed E-state index contributed by atoms with van der Waals surface area (Å²) in [6.07, 6.45) is 0. The summed E-state index contributed by atoms with van der Waals surface area (Å²) in [6, 6.07) is 37.6. The Kier molecular flexibility index (Phi) is 5.99. The summed E-state index contributed by atoms with van der Waals surface area (Å²) in [6.45, 7) is 8.27. The Bertz CT molecular complexity index is 1470. The van der Waals surface area contributed by atoms with E-state index >= 15 is 0 Å². The van der Waals surface area contributed by atoms with Crippen molar-refractivity contribution >= 4 is 35.1 Å². The first-order valence-corrected chi connectivity index (χ1v) is 13.3. The Morgan fingerprint density at radius 3 is 1.58 bits per heavy atom. The lowest BCUT2D eigenvalue weighted by Crippen LogP contribution is -2.41. The van der Waals surface area contributed by atoms with Crippen molar-refractivity contribution in [3.8, 4) is 0 Å². The van der Waals surface area contributed by atoms with Gasteiger partial charge in [-0.2, -0.15) is 5.10 Å². The first-order chi connectivity index (χ1) is 18.2. The third kappa shape index (κ3) is 3.80. The predicted molar refractivity (Wildman–Crippen MR) is 155 cm³/mol. The maximum Gasteiger partial charge on any atom is 0.494 e. The van der Waals surface area contributed by atoms with Gasteiger partial charge in [0.25, 0.3) is 0 Å². The number of halogens is 1. The van der Waals surface area contributed by atoms with Crippen molar-refractivity contribution in [2.24, 2.45) is 0 Å². The normalized spacial score (nSPS) is 16.7. The van der Waals surface area contributed by atoms with Gasteiger partial charge in [0.1, 0.15) is 5.54 Å². The smallest absolute Gasteiger partial charge is 0.399 e. The zero-order chi connectivity index (χ0) is 26.5. The number of fused-ring (bicyclic) bond motifs is 1. The molecule has 0 amide bonds. The Morgan fingerprint density at radius 2 is 1.13 bits per heavy atom. The Hall–Kier alpha value is -3.38. The monoisotopic (exact) mass is 520 g/mol. The molecule has 0 N–H and O–H groups in total. The quantitative estimate of drug-likeness (QED) is 0.188. The topological polar surface area (TPSA) is 36.3 Å². The molecule has 0 saturated carbocycles. The van der Waals surface area contributed by atoms with Crippen LogP contribution in [0, 0.1) is 0 Å². The van der Waals surface area contributed by atoms with Crippen LogP contribution < -0.4 is 5.46 Å². The molecule has 4 aromatic carbocycles. The molecule has 1 saturated heterocycles. The minimum atomic E-state index is -0.774. The average Bonchev–Trinajstić information content (AvgIpc) is 3.37. The van der Waals surface area contributed by atoms with Gasteiger partial charge < -0.3 is 9.31 Å². The Balaban J connectivity index is 1.66. The fourth-order valence-corrected chi connectivity index (χ4v) is 5.62. The lowest BCUT2D eigenvalue weighted by atomic mass is 9.76. The molecule has 1 aliphatic rings. The highest BCUT2D eigenvalue weighted by molar-refractivity contribution is 6.62. The number of aromatic nitrogens is 2. The molecular formula is C32H30BClN2O2. The van der Waals surface area contributed by atoms with E-state index < -0.39 is 23.9 Å². The maximum absolute atomic E-state index is 6.85. The highest BCUT2D eigenvalue weighted by atomic mass is 35.5. The van der Waals surface area contributed by atoms with Crippen LogP contribution in [0.15, 0.2) is 109 Å². The summed E-state index contributed by atoms with van der Waals surface area (Å²) in [5.74, 6) is 0. The van der Waals surface area contributed by atoms with Gasteiger partial charge in [0.15, 0.2) is 5.15 Å². The summed E-state index contributed by atoms with van der Waals surface area (Å²) in [4.78, 5) is 0. The van der Waals surface area contributed by atoms with Crippen LogP contribution in [0.3, 0.4) is 0 Å². The largest absolute Gasteiger partial charge is 0.494 e. The van der Waals surface area contributed by atoms with Crippen LogP contribution in [0.4, 0.5) is 0 Å². The molecule has 4 nitrogen and oxygen atoms in total. The molecule has 0 spiro atoms. The second kappa shape index (κ2) is 9.13. The number of hydrogen-bond acceptors (Lipinski definition) is 3. The van der Waals surface area contributed by atoms with Gasteiger partial charge in [-0.15, -0.1) is 0 Å². The van der Waals surface area contributed by atoms with Crippen molar-refractivity contribution in [2.45, 2.75) is 44.4 Å². The van der Waals surface area contributed by atoms with Crippen molar-refractivity contribution in [3.05, 3.63) is 131 Å². The van der Waals surface area contributed by atoms with Crippen molar-refractivity contribution in [1.82, 2.24) is 9.78 Å². The molecule has 190 valence electrons. The second-order valence-corrected chi connectivity index (χ2v) is 11.2. The fraction of sp³-hybridized carbons (Fsp3) is 0.219.